The third kappa shape index (κ3) is 3.26. The molecule has 2 heterocycles. The van der Waals surface area contributed by atoms with E-state index in [-0.39, 0.29) is 0 Å². The number of amides is 1. The van der Waals surface area contributed by atoms with Gasteiger partial charge in [0.15, 0.2) is 5.82 Å². The quantitative estimate of drug-likeness (QED) is 0.391. The first-order valence-corrected chi connectivity index (χ1v) is 7.65. The van der Waals surface area contributed by atoms with Crippen LogP contribution in [0.4, 0.5) is 11.5 Å². The number of hydrogen-bond donors (Lipinski definition) is 4. The average molecular weight is 335 g/mol. The lowest BCUT2D eigenvalue weighted by Crippen LogP contribution is -2.02. The molecule has 1 aromatic carbocycles. The second-order valence-electron chi connectivity index (χ2n) is 5.26. The fourth-order valence-electron chi connectivity index (χ4n) is 2.73. The molecular formula is C18H17N5O2. The van der Waals surface area contributed by atoms with Crippen LogP contribution in [0.5, 0.6) is 0 Å². The Balaban J connectivity index is 2.07. The first kappa shape index (κ1) is 16.4. The van der Waals surface area contributed by atoms with Crippen molar-refractivity contribution in [2.75, 3.05) is 10.6 Å². The number of aromatic amines is 1. The summed E-state index contributed by atoms with van der Waals surface area (Å²) in [5.41, 5.74) is 10.3. The molecule has 0 aliphatic rings. The molecular weight excluding hydrogens is 318 g/mol. The summed E-state index contributed by atoms with van der Waals surface area (Å²) in [7, 11) is 0. The Bertz CT molecular complexity index is 946. The molecule has 0 bridgehead atoms. The molecule has 7 nitrogen and oxygen atoms in total. The van der Waals surface area contributed by atoms with E-state index in [4.69, 9.17) is 5.73 Å². The third-order valence-corrected chi connectivity index (χ3v) is 3.83. The average Bonchev–Trinajstić information content (AvgIpc) is 3.13. The van der Waals surface area contributed by atoms with E-state index in [0.717, 1.165) is 33.3 Å². The van der Waals surface area contributed by atoms with Gasteiger partial charge in [0.25, 0.3) is 0 Å². The number of nitrogens with zero attached hydrogens (tertiary/aromatic N) is 1. The van der Waals surface area contributed by atoms with Crippen LogP contribution in [0.25, 0.3) is 22.0 Å². The summed E-state index contributed by atoms with van der Waals surface area (Å²) in [6.45, 7) is 0.350. The second-order valence-corrected chi connectivity index (χ2v) is 5.26. The van der Waals surface area contributed by atoms with Crippen molar-refractivity contribution in [3.63, 3.8) is 0 Å². The summed E-state index contributed by atoms with van der Waals surface area (Å²) in [6, 6.07) is 7.72. The van der Waals surface area contributed by atoms with Crippen LogP contribution >= 0.6 is 0 Å². The number of pyridine rings is 1. The van der Waals surface area contributed by atoms with Crippen molar-refractivity contribution in [3.05, 3.63) is 54.5 Å². The topological polar surface area (TPSA) is 113 Å². The van der Waals surface area contributed by atoms with Crippen molar-refractivity contribution in [1.82, 2.24) is 9.97 Å². The molecule has 1 amide bonds. The zero-order valence-corrected chi connectivity index (χ0v) is 13.3. The zero-order chi connectivity index (χ0) is 17.6. The largest absolute Gasteiger partial charge is 0.362 e. The summed E-state index contributed by atoms with van der Waals surface area (Å²) >= 11 is 0. The van der Waals surface area contributed by atoms with Gasteiger partial charge in [0.2, 0.25) is 6.41 Å². The third-order valence-electron chi connectivity index (χ3n) is 3.83. The second kappa shape index (κ2) is 7.41. The van der Waals surface area contributed by atoms with E-state index in [1.165, 1.54) is 6.08 Å². The summed E-state index contributed by atoms with van der Waals surface area (Å²) in [5, 5.41) is 6.55. The molecule has 0 fully saturated rings. The van der Waals surface area contributed by atoms with E-state index < -0.39 is 0 Å². The van der Waals surface area contributed by atoms with Gasteiger partial charge in [0.1, 0.15) is 6.29 Å². The minimum Gasteiger partial charge on any atom is -0.362 e. The Morgan fingerprint density at radius 3 is 2.80 bits per heavy atom. The van der Waals surface area contributed by atoms with E-state index in [9.17, 15) is 9.59 Å². The van der Waals surface area contributed by atoms with Crippen LogP contribution in [-0.2, 0) is 16.1 Å². The number of H-pyrrole nitrogens is 1. The number of anilines is 2. The highest BCUT2D eigenvalue weighted by atomic mass is 16.1. The van der Waals surface area contributed by atoms with Crippen molar-refractivity contribution >= 4 is 35.1 Å². The zero-order valence-electron chi connectivity index (χ0n) is 13.3. The molecule has 0 aliphatic heterocycles. The van der Waals surface area contributed by atoms with E-state index in [1.54, 1.807) is 18.6 Å². The predicted molar refractivity (Wildman–Crippen MR) is 97.9 cm³/mol. The van der Waals surface area contributed by atoms with Crippen molar-refractivity contribution in [1.29, 1.82) is 0 Å². The lowest BCUT2D eigenvalue weighted by atomic mass is 9.97. The van der Waals surface area contributed by atoms with Crippen LogP contribution in [0.3, 0.4) is 0 Å². The van der Waals surface area contributed by atoms with E-state index in [2.05, 4.69) is 20.6 Å². The molecule has 126 valence electrons. The number of carbonyl (C=O) groups is 2. The number of aromatic nitrogens is 2. The molecule has 0 saturated heterocycles. The molecule has 3 aromatic rings. The minimum absolute atomic E-state index is 0.350. The normalized spacial score (nSPS) is 10.9. The van der Waals surface area contributed by atoms with Gasteiger partial charge in [0.05, 0.1) is 5.52 Å². The number of rotatable bonds is 7. The van der Waals surface area contributed by atoms with Gasteiger partial charge in [-0.25, -0.2) is 4.98 Å². The van der Waals surface area contributed by atoms with Crippen LogP contribution in [0.2, 0.25) is 0 Å². The Kier molecular flexibility index (Phi) is 4.87. The first-order valence-electron chi connectivity index (χ1n) is 7.65. The Hall–Kier alpha value is -3.45. The van der Waals surface area contributed by atoms with Crippen molar-refractivity contribution < 1.29 is 9.59 Å². The summed E-state index contributed by atoms with van der Waals surface area (Å²) < 4.78 is 0. The smallest absolute Gasteiger partial charge is 0.212 e. The van der Waals surface area contributed by atoms with E-state index in [1.807, 2.05) is 24.3 Å². The van der Waals surface area contributed by atoms with Crippen molar-refractivity contribution in [2.24, 2.45) is 5.73 Å². The van der Waals surface area contributed by atoms with Gasteiger partial charge in [-0.1, -0.05) is 6.07 Å². The van der Waals surface area contributed by atoms with Crippen LogP contribution in [0, 0.1) is 0 Å². The molecule has 0 unspecified atom stereocenters. The SMILES string of the molecule is NCc1cc(NC=CC=O)ccc1-c1cnc(NC=O)c2[nH]ccc12. The number of aldehydes is 1. The van der Waals surface area contributed by atoms with Gasteiger partial charge >= 0.3 is 0 Å². The monoisotopic (exact) mass is 335 g/mol. The number of hydrogen-bond acceptors (Lipinski definition) is 5. The number of carbonyl (C=O) groups excluding carboxylic acids is 2. The van der Waals surface area contributed by atoms with Crippen LogP contribution in [-0.4, -0.2) is 22.7 Å². The van der Waals surface area contributed by atoms with Gasteiger partial charge in [-0.15, -0.1) is 0 Å². The first-order chi connectivity index (χ1) is 12.3. The predicted octanol–water partition coefficient (Wildman–Crippen LogP) is 2.38. The molecule has 5 N–H and O–H groups in total. The Morgan fingerprint density at radius 1 is 1.16 bits per heavy atom. The van der Waals surface area contributed by atoms with Gasteiger partial charge in [-0.2, -0.15) is 0 Å². The van der Waals surface area contributed by atoms with Gasteiger partial charge < -0.3 is 21.4 Å². The molecule has 0 radical (unpaired) electrons. The number of benzene rings is 1. The fraction of sp³-hybridized carbons (Fsp3) is 0.0556. The number of allylic oxidation sites excluding steroid dienone is 1. The van der Waals surface area contributed by atoms with Crippen LogP contribution < -0.4 is 16.4 Å². The molecule has 0 atom stereocenters. The van der Waals surface area contributed by atoms with Gasteiger partial charge in [0, 0.05) is 41.8 Å². The summed E-state index contributed by atoms with van der Waals surface area (Å²) in [5.74, 6) is 0.477. The lowest BCUT2D eigenvalue weighted by Gasteiger charge is -2.12. The number of nitrogens with one attached hydrogen (secondary N) is 3. The highest BCUT2D eigenvalue weighted by molar-refractivity contribution is 6.02. The standard InChI is InChI=1S/C18H17N5O2/c19-9-12-8-13(20-5-1-7-24)2-3-14(12)16-10-22-18(23-11-25)17-15(16)4-6-21-17/h1-8,10-11,20-21H,9,19H2,(H,22,23,25). The van der Waals surface area contributed by atoms with Crippen LogP contribution in [0.1, 0.15) is 5.56 Å². The highest BCUT2D eigenvalue weighted by Gasteiger charge is 2.13. The van der Waals surface area contributed by atoms with E-state index in [0.29, 0.717) is 25.1 Å². The molecule has 25 heavy (non-hydrogen) atoms. The molecule has 2 aromatic heterocycles. The number of fused-ring (bicyclic) bond motifs is 1. The maximum absolute atomic E-state index is 10.7. The molecule has 3 rings (SSSR count). The Morgan fingerprint density at radius 2 is 2.04 bits per heavy atom. The minimum atomic E-state index is 0.350. The highest BCUT2D eigenvalue weighted by Crippen LogP contribution is 2.33. The van der Waals surface area contributed by atoms with Gasteiger partial charge in [-0.3, -0.25) is 9.59 Å². The molecule has 0 aliphatic carbocycles. The summed E-state index contributed by atoms with van der Waals surface area (Å²) in [4.78, 5) is 28.5. The lowest BCUT2D eigenvalue weighted by molar-refractivity contribution is -0.105. The fourth-order valence-corrected chi connectivity index (χ4v) is 2.73. The van der Waals surface area contributed by atoms with Gasteiger partial charge in [-0.05, 0) is 35.4 Å². The van der Waals surface area contributed by atoms with Crippen LogP contribution in [0.15, 0.2) is 48.9 Å². The molecule has 0 saturated carbocycles. The number of nitrogens with two attached hydrogens (primary N) is 1. The van der Waals surface area contributed by atoms with Crippen molar-refractivity contribution in [2.45, 2.75) is 6.54 Å². The molecule has 0 spiro atoms. The van der Waals surface area contributed by atoms with E-state index >= 15 is 0 Å². The van der Waals surface area contributed by atoms with Crippen molar-refractivity contribution in [3.8, 4) is 11.1 Å². The molecule has 7 heteroatoms. The summed E-state index contributed by atoms with van der Waals surface area (Å²) in [6.07, 6.45) is 7.76. The Labute approximate surface area is 143 Å². The maximum atomic E-state index is 10.7. The maximum Gasteiger partial charge on any atom is 0.212 e.